The van der Waals surface area contributed by atoms with Crippen LogP contribution in [0.25, 0.3) is 0 Å². The monoisotopic (exact) mass is 463 g/mol. The fraction of sp³-hybridized carbons (Fsp3) is 0.423. The molecule has 1 aliphatic rings. The van der Waals surface area contributed by atoms with Crippen molar-refractivity contribution in [3.05, 3.63) is 65.6 Å². The number of aromatic amines is 1. The zero-order chi connectivity index (χ0) is 24.0. The molecular formula is C26H33N5O3. The highest BCUT2D eigenvalue weighted by Gasteiger charge is 2.23. The first-order valence-corrected chi connectivity index (χ1v) is 11.7. The molecule has 3 aromatic rings. The summed E-state index contributed by atoms with van der Waals surface area (Å²) >= 11 is 0. The number of hydrogen-bond acceptors (Lipinski definition) is 6. The van der Waals surface area contributed by atoms with E-state index in [9.17, 15) is 4.79 Å². The van der Waals surface area contributed by atoms with E-state index in [2.05, 4.69) is 39.2 Å². The Kier molecular flexibility index (Phi) is 7.47. The maximum Gasteiger partial charge on any atom is 0.234 e. The van der Waals surface area contributed by atoms with Crippen LogP contribution in [-0.4, -0.2) is 45.7 Å². The molecule has 2 aromatic heterocycles. The van der Waals surface area contributed by atoms with Gasteiger partial charge in [0.1, 0.15) is 0 Å². The number of pyridine rings is 1. The lowest BCUT2D eigenvalue weighted by Gasteiger charge is -2.27. The van der Waals surface area contributed by atoms with E-state index in [1.807, 2.05) is 49.4 Å². The molecule has 0 radical (unpaired) electrons. The maximum atomic E-state index is 12.8. The minimum Gasteiger partial charge on any atom is -0.489 e. The molecule has 180 valence electrons. The van der Waals surface area contributed by atoms with Crippen molar-refractivity contribution < 1.29 is 14.3 Å². The normalized spacial score (nSPS) is 16.4. The Hall–Kier alpha value is -3.39. The molecule has 0 atom stereocenters. The number of para-hydroxylation sites is 2. The van der Waals surface area contributed by atoms with E-state index in [0.29, 0.717) is 37.1 Å². The molecule has 4 rings (SSSR count). The predicted octanol–water partition coefficient (Wildman–Crippen LogP) is 4.22. The van der Waals surface area contributed by atoms with Gasteiger partial charge in [0.25, 0.3) is 0 Å². The van der Waals surface area contributed by atoms with Crippen LogP contribution in [0.1, 0.15) is 43.6 Å². The molecule has 0 saturated carbocycles. The molecule has 8 heteroatoms. The molecule has 1 aromatic carbocycles. The summed E-state index contributed by atoms with van der Waals surface area (Å²) in [5.41, 5.74) is 2.70. The molecule has 2 N–H and O–H groups in total. The highest BCUT2D eigenvalue weighted by molar-refractivity contribution is 5.78. The number of nitrogens with zero attached hydrogens (tertiary/aromatic N) is 3. The molecule has 8 nitrogen and oxygen atoms in total. The van der Waals surface area contributed by atoms with Crippen LogP contribution in [0.15, 0.2) is 48.7 Å². The summed E-state index contributed by atoms with van der Waals surface area (Å²) in [7, 11) is 0. The number of carbonyl (C=O) groups is 1. The van der Waals surface area contributed by atoms with Gasteiger partial charge in [-0.15, -0.1) is 0 Å². The fourth-order valence-corrected chi connectivity index (χ4v) is 3.99. The number of ether oxygens (including phenoxy) is 2. The molecule has 0 saturated heterocycles. The van der Waals surface area contributed by atoms with Gasteiger partial charge in [0.2, 0.25) is 11.8 Å². The third-order valence-corrected chi connectivity index (χ3v) is 5.84. The van der Waals surface area contributed by atoms with Crippen molar-refractivity contribution in [3.8, 4) is 17.4 Å². The highest BCUT2D eigenvalue weighted by Crippen LogP contribution is 2.34. The summed E-state index contributed by atoms with van der Waals surface area (Å²) in [6, 6.07) is 13.5. The Balaban J connectivity index is 1.52. The van der Waals surface area contributed by atoms with Crippen LogP contribution in [0.4, 0.5) is 0 Å². The van der Waals surface area contributed by atoms with Gasteiger partial charge in [-0.3, -0.25) is 14.8 Å². The first kappa shape index (κ1) is 23.8. The van der Waals surface area contributed by atoms with Gasteiger partial charge in [-0.25, -0.2) is 4.98 Å². The standard InChI is InChI=1S/C26H33N5O3/c1-19-14-21(30-29-19)15-28-24(32)17-31-13-7-11-26(2,3)18-33-22-9-4-5-10-23(22)34-25-20(16-31)8-6-12-27-25/h4-6,8-10,12,14H,7,11,13,15-18H2,1-3H3,(H,28,32)(H,29,30). The largest absolute Gasteiger partial charge is 0.489 e. The first-order chi connectivity index (χ1) is 16.4. The van der Waals surface area contributed by atoms with Crippen LogP contribution >= 0.6 is 0 Å². The fourth-order valence-electron chi connectivity index (χ4n) is 3.99. The summed E-state index contributed by atoms with van der Waals surface area (Å²) in [6.07, 6.45) is 3.63. The van der Waals surface area contributed by atoms with Crippen LogP contribution in [-0.2, 0) is 17.9 Å². The number of aryl methyl sites for hydroxylation is 1. The molecule has 1 amide bonds. The topological polar surface area (TPSA) is 92.4 Å². The lowest BCUT2D eigenvalue weighted by molar-refractivity contribution is -0.122. The number of H-pyrrole nitrogens is 1. The second kappa shape index (κ2) is 10.7. The zero-order valence-corrected chi connectivity index (χ0v) is 20.1. The average molecular weight is 464 g/mol. The zero-order valence-electron chi connectivity index (χ0n) is 20.1. The quantitative estimate of drug-likeness (QED) is 0.602. The third kappa shape index (κ3) is 6.57. The summed E-state index contributed by atoms with van der Waals surface area (Å²) in [4.78, 5) is 19.4. The summed E-state index contributed by atoms with van der Waals surface area (Å²) < 4.78 is 12.4. The number of rotatable bonds is 4. The molecule has 3 heterocycles. The SMILES string of the molecule is Cc1cc(CNC(=O)CN2CCCC(C)(C)COc3ccccc3Oc3ncccc3C2)n[nH]1. The van der Waals surface area contributed by atoms with E-state index >= 15 is 0 Å². The third-order valence-electron chi connectivity index (χ3n) is 5.84. The van der Waals surface area contributed by atoms with Gasteiger partial charge in [0, 0.05) is 24.0 Å². The van der Waals surface area contributed by atoms with E-state index in [1.54, 1.807) is 6.20 Å². The number of hydrogen-bond donors (Lipinski definition) is 2. The summed E-state index contributed by atoms with van der Waals surface area (Å²) in [5, 5.41) is 10.1. The van der Waals surface area contributed by atoms with Gasteiger partial charge in [0.15, 0.2) is 11.5 Å². The summed E-state index contributed by atoms with van der Waals surface area (Å²) in [6.45, 7) is 8.94. The molecule has 0 fully saturated rings. The second-order valence-electron chi connectivity index (χ2n) is 9.60. The number of carbonyl (C=O) groups excluding carboxylic acids is 1. The minimum atomic E-state index is -0.0377. The average Bonchev–Trinajstić information content (AvgIpc) is 3.23. The number of benzene rings is 1. The van der Waals surface area contributed by atoms with Crippen molar-refractivity contribution in [1.82, 2.24) is 25.4 Å². The number of amides is 1. The maximum absolute atomic E-state index is 12.8. The van der Waals surface area contributed by atoms with Crippen LogP contribution < -0.4 is 14.8 Å². The van der Waals surface area contributed by atoms with E-state index in [0.717, 1.165) is 36.3 Å². The minimum absolute atomic E-state index is 0.0159. The molecule has 34 heavy (non-hydrogen) atoms. The number of aromatic nitrogens is 3. The molecular weight excluding hydrogens is 430 g/mol. The van der Waals surface area contributed by atoms with Crippen molar-refractivity contribution in [2.75, 3.05) is 19.7 Å². The smallest absolute Gasteiger partial charge is 0.234 e. The molecule has 0 bridgehead atoms. The van der Waals surface area contributed by atoms with Gasteiger partial charge in [0.05, 0.1) is 25.4 Å². The first-order valence-electron chi connectivity index (χ1n) is 11.7. The highest BCUT2D eigenvalue weighted by atomic mass is 16.5. The van der Waals surface area contributed by atoms with Gasteiger partial charge in [-0.2, -0.15) is 5.10 Å². The Morgan fingerprint density at radius 1 is 1.21 bits per heavy atom. The lowest BCUT2D eigenvalue weighted by atomic mass is 9.88. The number of nitrogens with one attached hydrogen (secondary N) is 2. The van der Waals surface area contributed by atoms with E-state index in [1.165, 1.54) is 0 Å². The second-order valence-corrected chi connectivity index (χ2v) is 9.60. The molecule has 0 unspecified atom stereocenters. The predicted molar refractivity (Wildman–Crippen MR) is 130 cm³/mol. The Morgan fingerprint density at radius 2 is 2.03 bits per heavy atom. The van der Waals surface area contributed by atoms with Gasteiger partial charge in [-0.1, -0.05) is 32.0 Å². The molecule has 0 spiro atoms. The molecule has 0 aliphatic carbocycles. The van der Waals surface area contributed by atoms with Gasteiger partial charge >= 0.3 is 0 Å². The van der Waals surface area contributed by atoms with Crippen molar-refractivity contribution in [2.45, 2.75) is 46.7 Å². The van der Waals surface area contributed by atoms with Crippen molar-refractivity contribution in [3.63, 3.8) is 0 Å². The van der Waals surface area contributed by atoms with Crippen LogP contribution in [0.5, 0.6) is 17.4 Å². The van der Waals surface area contributed by atoms with E-state index < -0.39 is 0 Å². The van der Waals surface area contributed by atoms with Crippen molar-refractivity contribution >= 4 is 5.91 Å². The van der Waals surface area contributed by atoms with E-state index in [-0.39, 0.29) is 17.9 Å². The van der Waals surface area contributed by atoms with Gasteiger partial charge < -0.3 is 14.8 Å². The Bertz CT molecular complexity index is 1110. The van der Waals surface area contributed by atoms with Crippen LogP contribution in [0.3, 0.4) is 0 Å². The Morgan fingerprint density at radius 3 is 2.82 bits per heavy atom. The van der Waals surface area contributed by atoms with Crippen LogP contribution in [0, 0.1) is 12.3 Å². The lowest BCUT2D eigenvalue weighted by Crippen LogP contribution is -2.37. The van der Waals surface area contributed by atoms with Gasteiger partial charge in [-0.05, 0) is 56.0 Å². The van der Waals surface area contributed by atoms with Crippen molar-refractivity contribution in [2.24, 2.45) is 5.41 Å². The number of fused-ring (bicyclic) bond motifs is 2. The van der Waals surface area contributed by atoms with Crippen LogP contribution in [0.2, 0.25) is 0 Å². The summed E-state index contributed by atoms with van der Waals surface area (Å²) in [5.74, 6) is 1.83. The van der Waals surface area contributed by atoms with E-state index in [4.69, 9.17) is 9.47 Å². The molecule has 1 aliphatic heterocycles. The Labute approximate surface area is 200 Å². The van der Waals surface area contributed by atoms with Crippen molar-refractivity contribution in [1.29, 1.82) is 0 Å².